The smallest absolute Gasteiger partial charge is 0.257 e. The molecule has 0 unspecified atom stereocenters. The number of nitrogens with zero attached hydrogens (tertiary/aromatic N) is 1. The summed E-state index contributed by atoms with van der Waals surface area (Å²) in [6.07, 6.45) is 0. The van der Waals surface area contributed by atoms with E-state index in [0.29, 0.717) is 15.8 Å². The van der Waals surface area contributed by atoms with Gasteiger partial charge in [-0.2, -0.15) is 0 Å². The van der Waals surface area contributed by atoms with Gasteiger partial charge in [-0.15, -0.1) is 0 Å². The Bertz CT molecular complexity index is 907. The van der Waals surface area contributed by atoms with Crippen molar-refractivity contribution in [1.82, 2.24) is 4.98 Å². The second-order valence-corrected chi connectivity index (χ2v) is 7.39. The molecule has 24 heavy (non-hydrogen) atoms. The lowest BCUT2D eigenvalue weighted by molar-refractivity contribution is -0.115. The molecule has 0 radical (unpaired) electrons. The number of rotatable bonds is 4. The summed E-state index contributed by atoms with van der Waals surface area (Å²) in [4.78, 5) is 16.8. The van der Waals surface area contributed by atoms with E-state index in [9.17, 15) is 4.79 Å². The lowest BCUT2D eigenvalue weighted by atomic mass is 10.1. The lowest BCUT2D eigenvalue weighted by Gasteiger charge is -2.12. The number of carbonyl (C=O) groups is 1. The average Bonchev–Trinajstić information content (AvgIpc) is 2.92. The van der Waals surface area contributed by atoms with Gasteiger partial charge >= 0.3 is 0 Å². The number of anilines is 1. The third-order valence-corrected chi connectivity index (χ3v) is 4.81. The Hall–Kier alpha value is -1.98. The van der Waals surface area contributed by atoms with Gasteiger partial charge in [0, 0.05) is 16.8 Å². The molecule has 0 aliphatic heterocycles. The van der Waals surface area contributed by atoms with Crippen LogP contribution in [0.4, 0.5) is 5.69 Å². The molecule has 1 N–H and O–H groups in total. The average molecular weight is 361 g/mol. The van der Waals surface area contributed by atoms with E-state index in [1.54, 1.807) is 18.2 Å². The van der Waals surface area contributed by atoms with Gasteiger partial charge < -0.3 is 9.73 Å². The van der Waals surface area contributed by atoms with Gasteiger partial charge in [-0.25, -0.2) is 4.98 Å². The van der Waals surface area contributed by atoms with Crippen LogP contribution in [-0.4, -0.2) is 16.1 Å². The van der Waals surface area contributed by atoms with Crippen molar-refractivity contribution >= 4 is 46.1 Å². The zero-order chi connectivity index (χ0) is 17.3. The number of thioether (sulfide) groups is 1. The van der Waals surface area contributed by atoms with Crippen LogP contribution in [0, 0.1) is 13.8 Å². The van der Waals surface area contributed by atoms with Crippen molar-refractivity contribution in [2.45, 2.75) is 31.2 Å². The van der Waals surface area contributed by atoms with E-state index in [2.05, 4.69) is 10.3 Å². The standard InChI is InChI=1S/C18H17ClN2O2S/c1-10-4-5-11(2)15(8-10)20-17(22)12(3)24-18-21-14-7-6-13(19)9-16(14)23-18/h4-9,12H,1-3H3,(H,20,22)/t12-/m0/s1. The molecule has 2 aromatic carbocycles. The molecule has 3 rings (SSSR count). The predicted octanol–water partition coefficient (Wildman–Crippen LogP) is 5.22. The summed E-state index contributed by atoms with van der Waals surface area (Å²) in [6, 6.07) is 11.3. The molecule has 124 valence electrons. The monoisotopic (exact) mass is 360 g/mol. The number of aromatic nitrogens is 1. The number of aryl methyl sites for hydroxylation is 2. The molecule has 3 aromatic rings. The zero-order valence-electron chi connectivity index (χ0n) is 13.6. The third kappa shape index (κ3) is 3.74. The van der Waals surface area contributed by atoms with Crippen LogP contribution in [0.3, 0.4) is 0 Å². The molecule has 0 spiro atoms. The van der Waals surface area contributed by atoms with E-state index >= 15 is 0 Å². The fourth-order valence-electron chi connectivity index (χ4n) is 2.24. The molecular weight excluding hydrogens is 344 g/mol. The van der Waals surface area contributed by atoms with Gasteiger partial charge in [-0.1, -0.05) is 35.5 Å². The normalized spacial score (nSPS) is 12.3. The summed E-state index contributed by atoms with van der Waals surface area (Å²) in [5.74, 6) is -0.0889. The second kappa shape index (κ2) is 6.87. The van der Waals surface area contributed by atoms with Crippen molar-refractivity contribution in [1.29, 1.82) is 0 Å². The Morgan fingerprint density at radius 2 is 2.04 bits per heavy atom. The Kier molecular flexibility index (Phi) is 4.83. The molecule has 0 fully saturated rings. The van der Waals surface area contributed by atoms with E-state index in [4.69, 9.17) is 16.0 Å². The van der Waals surface area contributed by atoms with E-state index < -0.39 is 0 Å². The molecular formula is C18H17ClN2O2S. The first-order valence-electron chi connectivity index (χ1n) is 7.53. The fourth-order valence-corrected chi connectivity index (χ4v) is 3.16. The van der Waals surface area contributed by atoms with Gasteiger partial charge in [-0.3, -0.25) is 4.79 Å². The first kappa shape index (κ1) is 16.9. The highest BCUT2D eigenvalue weighted by Gasteiger charge is 2.19. The van der Waals surface area contributed by atoms with E-state index in [-0.39, 0.29) is 11.2 Å². The molecule has 1 heterocycles. The predicted molar refractivity (Wildman–Crippen MR) is 98.9 cm³/mol. The number of benzene rings is 2. The first-order chi connectivity index (χ1) is 11.4. The highest BCUT2D eigenvalue weighted by Crippen LogP contribution is 2.29. The molecule has 0 saturated carbocycles. The minimum absolute atomic E-state index is 0.0889. The Balaban J connectivity index is 1.72. The van der Waals surface area contributed by atoms with Crippen LogP contribution in [0.2, 0.25) is 5.02 Å². The fraction of sp³-hybridized carbons (Fsp3) is 0.222. The number of oxazole rings is 1. The largest absolute Gasteiger partial charge is 0.431 e. The van der Waals surface area contributed by atoms with Gasteiger partial charge in [0.05, 0.1) is 5.25 Å². The Labute approximate surface area is 149 Å². The van der Waals surface area contributed by atoms with E-state index in [1.165, 1.54) is 11.8 Å². The van der Waals surface area contributed by atoms with Crippen LogP contribution < -0.4 is 5.32 Å². The maximum Gasteiger partial charge on any atom is 0.257 e. The molecule has 0 aliphatic rings. The zero-order valence-corrected chi connectivity index (χ0v) is 15.2. The topological polar surface area (TPSA) is 55.1 Å². The number of carbonyl (C=O) groups excluding carboxylic acids is 1. The highest BCUT2D eigenvalue weighted by molar-refractivity contribution is 8.00. The molecule has 1 atom stereocenters. The number of halogens is 1. The van der Waals surface area contributed by atoms with Crippen LogP contribution in [0.5, 0.6) is 0 Å². The number of hydrogen-bond acceptors (Lipinski definition) is 4. The quantitative estimate of drug-likeness (QED) is 0.648. The van der Waals surface area contributed by atoms with Crippen molar-refractivity contribution in [2.75, 3.05) is 5.32 Å². The summed E-state index contributed by atoms with van der Waals surface area (Å²) in [6.45, 7) is 5.79. The highest BCUT2D eigenvalue weighted by atomic mass is 35.5. The maximum absolute atomic E-state index is 12.4. The lowest BCUT2D eigenvalue weighted by Crippen LogP contribution is -2.22. The van der Waals surface area contributed by atoms with Crippen LogP contribution >= 0.6 is 23.4 Å². The molecule has 1 aromatic heterocycles. The van der Waals surface area contributed by atoms with Crippen molar-refractivity contribution in [3.05, 3.63) is 52.5 Å². The van der Waals surface area contributed by atoms with Gasteiger partial charge in [0.25, 0.3) is 5.22 Å². The molecule has 4 nitrogen and oxygen atoms in total. The van der Waals surface area contributed by atoms with E-state index in [1.807, 2.05) is 39.0 Å². The third-order valence-electron chi connectivity index (χ3n) is 3.63. The van der Waals surface area contributed by atoms with Gasteiger partial charge in [0.1, 0.15) is 5.52 Å². The number of hydrogen-bond donors (Lipinski definition) is 1. The van der Waals surface area contributed by atoms with Crippen LogP contribution in [0.1, 0.15) is 18.1 Å². The summed E-state index contributed by atoms with van der Waals surface area (Å²) in [5.41, 5.74) is 4.31. The molecule has 6 heteroatoms. The summed E-state index contributed by atoms with van der Waals surface area (Å²) < 4.78 is 5.65. The van der Waals surface area contributed by atoms with Gasteiger partial charge in [-0.05, 0) is 50.1 Å². The van der Waals surface area contributed by atoms with Crippen molar-refractivity contribution in [3.63, 3.8) is 0 Å². The SMILES string of the molecule is Cc1ccc(C)c(NC(=O)[C@H](C)Sc2nc3ccc(Cl)cc3o2)c1. The van der Waals surface area contributed by atoms with Crippen molar-refractivity contribution < 1.29 is 9.21 Å². The maximum atomic E-state index is 12.4. The Morgan fingerprint density at radius 1 is 1.25 bits per heavy atom. The Morgan fingerprint density at radius 3 is 2.83 bits per heavy atom. The second-order valence-electron chi connectivity index (χ2n) is 5.66. The number of fused-ring (bicyclic) bond motifs is 1. The van der Waals surface area contributed by atoms with Crippen LogP contribution in [-0.2, 0) is 4.79 Å². The number of nitrogens with one attached hydrogen (secondary N) is 1. The summed E-state index contributed by atoms with van der Waals surface area (Å²) >= 11 is 7.22. The first-order valence-corrected chi connectivity index (χ1v) is 8.79. The number of amides is 1. The van der Waals surface area contributed by atoms with Crippen LogP contribution in [0.25, 0.3) is 11.1 Å². The molecule has 1 amide bonds. The minimum Gasteiger partial charge on any atom is -0.431 e. The van der Waals surface area contributed by atoms with Gasteiger partial charge in [0.2, 0.25) is 5.91 Å². The van der Waals surface area contributed by atoms with Crippen LogP contribution in [0.15, 0.2) is 46.0 Å². The summed E-state index contributed by atoms with van der Waals surface area (Å²) in [5, 5.41) is 3.67. The van der Waals surface area contributed by atoms with Crippen molar-refractivity contribution in [2.24, 2.45) is 0 Å². The summed E-state index contributed by atoms with van der Waals surface area (Å²) in [7, 11) is 0. The molecule has 0 saturated heterocycles. The van der Waals surface area contributed by atoms with Gasteiger partial charge in [0.15, 0.2) is 5.58 Å². The van der Waals surface area contributed by atoms with E-state index in [0.717, 1.165) is 22.3 Å². The molecule has 0 aliphatic carbocycles. The minimum atomic E-state index is -0.339. The molecule has 0 bridgehead atoms. The van der Waals surface area contributed by atoms with Crippen molar-refractivity contribution in [3.8, 4) is 0 Å².